The average Bonchev–Trinajstić information content (AvgIpc) is 2.97. The second kappa shape index (κ2) is 8.85. The number of fused-ring (bicyclic) bond motifs is 2. The van der Waals surface area contributed by atoms with Crippen LogP contribution in [0, 0.1) is 17.3 Å². The standard InChI is InChI=1S/C25H34O7/c1-8-13(4)23(28)32-22-20-15(6)24(29)31-17(20)11-25(7)18(26)10-16(14(5)21(22)25)30-19(27)9-12(2)3/h8,12,16-18,20,22,26H,6,9-11H2,1-5,7H3/b13-8+/t16-,17+,18-,20+,22-,25+/m0/s1. The summed E-state index contributed by atoms with van der Waals surface area (Å²) in [7, 11) is 0. The zero-order chi connectivity index (χ0) is 24.0. The highest BCUT2D eigenvalue weighted by Gasteiger charge is 2.60. The van der Waals surface area contributed by atoms with Crippen molar-refractivity contribution < 1.29 is 33.7 Å². The van der Waals surface area contributed by atoms with Crippen molar-refractivity contribution in [3.05, 3.63) is 34.9 Å². The lowest BCUT2D eigenvalue weighted by atomic mass is 9.57. The van der Waals surface area contributed by atoms with Crippen molar-refractivity contribution in [3.63, 3.8) is 0 Å². The lowest BCUT2D eigenvalue weighted by molar-refractivity contribution is -0.160. The topological polar surface area (TPSA) is 99.1 Å². The molecule has 0 unspecified atom stereocenters. The van der Waals surface area contributed by atoms with Crippen LogP contribution in [-0.4, -0.2) is 47.4 Å². The summed E-state index contributed by atoms with van der Waals surface area (Å²) in [5.74, 6) is -1.77. The minimum Gasteiger partial charge on any atom is -0.458 e. The molecule has 1 N–H and O–H groups in total. The van der Waals surface area contributed by atoms with Crippen LogP contribution in [0.3, 0.4) is 0 Å². The van der Waals surface area contributed by atoms with Gasteiger partial charge < -0.3 is 19.3 Å². The summed E-state index contributed by atoms with van der Waals surface area (Å²) in [6.45, 7) is 14.9. The number of hydrogen-bond donors (Lipinski definition) is 1. The summed E-state index contributed by atoms with van der Waals surface area (Å²) in [4.78, 5) is 37.5. The summed E-state index contributed by atoms with van der Waals surface area (Å²) in [5, 5.41) is 11.2. The van der Waals surface area contributed by atoms with Crippen molar-refractivity contribution in [3.8, 4) is 0 Å². The van der Waals surface area contributed by atoms with Gasteiger partial charge in [0.25, 0.3) is 0 Å². The molecule has 0 radical (unpaired) electrons. The highest BCUT2D eigenvalue weighted by atomic mass is 16.6. The smallest absolute Gasteiger partial charge is 0.334 e. The second-order valence-electron chi connectivity index (χ2n) is 9.84. The Balaban J connectivity index is 2.07. The number of allylic oxidation sites excluding steroid dienone is 1. The van der Waals surface area contributed by atoms with E-state index in [4.69, 9.17) is 14.2 Å². The van der Waals surface area contributed by atoms with E-state index in [-0.39, 0.29) is 30.3 Å². The van der Waals surface area contributed by atoms with E-state index in [1.165, 1.54) is 0 Å². The summed E-state index contributed by atoms with van der Waals surface area (Å²) >= 11 is 0. The molecule has 3 rings (SSSR count). The predicted octanol–water partition coefficient (Wildman–Crippen LogP) is 3.41. The Labute approximate surface area is 189 Å². The van der Waals surface area contributed by atoms with Crippen LogP contribution in [-0.2, 0) is 28.6 Å². The number of esters is 3. The summed E-state index contributed by atoms with van der Waals surface area (Å²) in [6, 6.07) is 0. The molecule has 0 bridgehead atoms. The second-order valence-corrected chi connectivity index (χ2v) is 9.84. The molecular weight excluding hydrogens is 412 g/mol. The van der Waals surface area contributed by atoms with E-state index in [9.17, 15) is 19.5 Å². The van der Waals surface area contributed by atoms with Gasteiger partial charge >= 0.3 is 17.9 Å². The van der Waals surface area contributed by atoms with E-state index in [0.717, 1.165) is 5.57 Å². The number of carbonyl (C=O) groups is 3. The third-order valence-electron chi connectivity index (χ3n) is 7.09. The van der Waals surface area contributed by atoms with Crippen LogP contribution >= 0.6 is 0 Å². The molecule has 32 heavy (non-hydrogen) atoms. The first-order valence-electron chi connectivity index (χ1n) is 11.2. The van der Waals surface area contributed by atoms with Gasteiger partial charge in [0.05, 0.1) is 12.0 Å². The van der Waals surface area contributed by atoms with Gasteiger partial charge in [-0.3, -0.25) is 4.79 Å². The zero-order valence-corrected chi connectivity index (χ0v) is 19.8. The Morgan fingerprint density at radius 3 is 2.59 bits per heavy atom. The molecule has 2 aliphatic carbocycles. The summed E-state index contributed by atoms with van der Waals surface area (Å²) in [5.41, 5.74) is 1.32. The van der Waals surface area contributed by atoms with Crippen LogP contribution in [0.1, 0.15) is 60.8 Å². The third kappa shape index (κ3) is 4.15. The van der Waals surface area contributed by atoms with Crippen LogP contribution in [0.2, 0.25) is 0 Å². The van der Waals surface area contributed by atoms with Gasteiger partial charge in [-0.15, -0.1) is 0 Å². The maximum atomic E-state index is 12.8. The fraction of sp³-hybridized carbons (Fsp3) is 0.640. The van der Waals surface area contributed by atoms with Gasteiger partial charge in [0, 0.05) is 29.4 Å². The molecule has 0 aromatic heterocycles. The molecule has 7 heteroatoms. The van der Waals surface area contributed by atoms with E-state index in [2.05, 4.69) is 6.58 Å². The number of aliphatic hydroxyl groups excluding tert-OH is 1. The molecule has 3 aliphatic rings. The number of hydrogen-bond acceptors (Lipinski definition) is 7. The molecular formula is C25H34O7. The first-order valence-corrected chi connectivity index (χ1v) is 11.2. The molecule has 1 heterocycles. The van der Waals surface area contributed by atoms with Crippen LogP contribution < -0.4 is 0 Å². The van der Waals surface area contributed by atoms with E-state index in [1.54, 1.807) is 19.9 Å². The van der Waals surface area contributed by atoms with Crippen LogP contribution in [0.15, 0.2) is 34.9 Å². The lowest BCUT2D eigenvalue weighted by Crippen LogP contribution is -2.55. The van der Waals surface area contributed by atoms with Gasteiger partial charge in [-0.25, -0.2) is 9.59 Å². The number of ether oxygens (including phenoxy) is 3. The molecule has 0 amide bonds. The molecule has 0 aromatic rings. The molecule has 0 aromatic carbocycles. The maximum Gasteiger partial charge on any atom is 0.334 e. The van der Waals surface area contributed by atoms with Gasteiger partial charge in [0.15, 0.2) is 0 Å². The Morgan fingerprint density at radius 2 is 2.00 bits per heavy atom. The Kier molecular flexibility index (Phi) is 6.70. The molecule has 0 spiro atoms. The highest BCUT2D eigenvalue weighted by Crippen LogP contribution is 2.56. The van der Waals surface area contributed by atoms with E-state index in [1.807, 2.05) is 27.7 Å². The van der Waals surface area contributed by atoms with Crippen molar-refractivity contribution >= 4 is 17.9 Å². The van der Waals surface area contributed by atoms with Crippen molar-refractivity contribution in [2.24, 2.45) is 17.3 Å². The predicted molar refractivity (Wildman–Crippen MR) is 117 cm³/mol. The maximum absolute atomic E-state index is 12.8. The lowest BCUT2D eigenvalue weighted by Gasteiger charge is -2.52. The fourth-order valence-corrected chi connectivity index (χ4v) is 5.16. The Hall–Kier alpha value is -2.41. The molecule has 6 atom stereocenters. The van der Waals surface area contributed by atoms with Crippen molar-refractivity contribution in [1.82, 2.24) is 0 Å². The van der Waals surface area contributed by atoms with Crippen LogP contribution in [0.25, 0.3) is 0 Å². The first kappa shape index (κ1) is 24.2. The van der Waals surface area contributed by atoms with Crippen LogP contribution in [0.5, 0.6) is 0 Å². The molecule has 7 nitrogen and oxygen atoms in total. The molecule has 2 fully saturated rings. The highest BCUT2D eigenvalue weighted by molar-refractivity contribution is 5.92. The minimum absolute atomic E-state index is 0.146. The van der Waals surface area contributed by atoms with Crippen molar-refractivity contribution in [1.29, 1.82) is 0 Å². The van der Waals surface area contributed by atoms with Gasteiger partial charge in [0.2, 0.25) is 0 Å². The van der Waals surface area contributed by atoms with E-state index < -0.39 is 47.7 Å². The summed E-state index contributed by atoms with van der Waals surface area (Å²) < 4.78 is 17.2. The molecule has 1 aliphatic heterocycles. The first-order chi connectivity index (χ1) is 14.9. The monoisotopic (exact) mass is 446 g/mol. The number of carbonyl (C=O) groups excluding carboxylic acids is 3. The van der Waals surface area contributed by atoms with Crippen LogP contribution in [0.4, 0.5) is 0 Å². The van der Waals surface area contributed by atoms with Gasteiger partial charge in [-0.2, -0.15) is 0 Å². The number of aliphatic hydroxyl groups is 1. The third-order valence-corrected chi connectivity index (χ3v) is 7.09. The van der Waals surface area contributed by atoms with Gasteiger partial charge in [-0.05, 0) is 44.3 Å². The summed E-state index contributed by atoms with van der Waals surface area (Å²) in [6.07, 6.45) is -0.357. The van der Waals surface area contributed by atoms with Crippen molar-refractivity contribution in [2.75, 3.05) is 0 Å². The van der Waals surface area contributed by atoms with E-state index in [0.29, 0.717) is 17.6 Å². The van der Waals surface area contributed by atoms with Gasteiger partial charge in [-0.1, -0.05) is 33.4 Å². The largest absolute Gasteiger partial charge is 0.458 e. The molecule has 176 valence electrons. The van der Waals surface area contributed by atoms with Crippen molar-refractivity contribution in [2.45, 2.75) is 85.2 Å². The van der Waals surface area contributed by atoms with E-state index >= 15 is 0 Å². The fourth-order valence-electron chi connectivity index (χ4n) is 5.16. The Morgan fingerprint density at radius 1 is 1.34 bits per heavy atom. The quantitative estimate of drug-likeness (QED) is 0.299. The molecule has 1 saturated heterocycles. The normalized spacial score (nSPS) is 34.8. The zero-order valence-electron chi connectivity index (χ0n) is 19.8. The SMILES string of the molecule is C=C1C(=O)O[C@@H]2C[C@@]3(C)C(=C(C)[C@@H](OC(=O)CC(C)C)C[C@@H]3O)[C@@H](OC(=O)/C(C)=C/C)[C@H]12. The number of rotatable bonds is 5. The minimum atomic E-state index is -0.865. The Bertz CT molecular complexity index is 896. The van der Waals surface area contributed by atoms with Gasteiger partial charge in [0.1, 0.15) is 18.3 Å². The average molecular weight is 447 g/mol. The molecule has 1 saturated carbocycles.